The number of rotatable bonds is 4. The summed E-state index contributed by atoms with van der Waals surface area (Å²) >= 11 is -2.54. The van der Waals surface area contributed by atoms with Crippen LogP contribution < -0.4 is 0 Å². The van der Waals surface area contributed by atoms with E-state index in [-0.39, 0.29) is 0 Å². The topological polar surface area (TPSA) is 9.72 Å². The van der Waals surface area contributed by atoms with Gasteiger partial charge in [0.2, 0.25) is 0 Å². The molecule has 0 spiro atoms. The van der Waals surface area contributed by atoms with Crippen LogP contribution in [0.2, 0.25) is 3.43 Å². The van der Waals surface area contributed by atoms with Crippen LogP contribution in [0.15, 0.2) is 0 Å². The zero-order valence-electron chi connectivity index (χ0n) is 11.5. The molecular weight excluding hydrogens is 293 g/mol. The molecule has 1 rings (SSSR count). The minimum absolute atomic E-state index is 0.588. The van der Waals surface area contributed by atoms with E-state index in [1.807, 2.05) is 0 Å². The van der Waals surface area contributed by atoms with Crippen molar-refractivity contribution in [3.63, 3.8) is 0 Å². The van der Waals surface area contributed by atoms with Crippen molar-refractivity contribution in [1.29, 1.82) is 0 Å². The molecular formula is C11H27N3Sn. The molecule has 1 aliphatic rings. The van der Waals surface area contributed by atoms with E-state index < -0.39 is 19.2 Å². The number of hydrogen-bond donors (Lipinski definition) is 0. The van der Waals surface area contributed by atoms with Crippen LogP contribution in [0.3, 0.4) is 0 Å². The zero-order chi connectivity index (χ0) is 11.9. The van der Waals surface area contributed by atoms with E-state index in [1.165, 1.54) is 19.3 Å². The molecule has 0 aromatic rings. The molecule has 90 valence electrons. The Balaban J connectivity index is 3.13. The number of hydrogen-bond acceptors (Lipinski definition) is 3. The first kappa shape index (κ1) is 13.7. The molecule has 3 nitrogen and oxygen atoms in total. The molecule has 0 atom stereocenters. The first-order chi connectivity index (χ1) is 6.79. The Labute approximate surface area is 100 Å². The van der Waals surface area contributed by atoms with E-state index in [9.17, 15) is 0 Å². The summed E-state index contributed by atoms with van der Waals surface area (Å²) in [7, 11) is 13.7. The van der Waals surface area contributed by atoms with Crippen LogP contribution in [0, 0.1) is 0 Å². The second-order valence-electron chi connectivity index (χ2n) is 5.73. The number of nitrogens with zero attached hydrogens (tertiary/aromatic N) is 3. The first-order valence-corrected chi connectivity index (χ1v) is 11.1. The van der Waals surface area contributed by atoms with Gasteiger partial charge in [0, 0.05) is 0 Å². The average Bonchev–Trinajstić information content (AvgIpc) is 1.99. The van der Waals surface area contributed by atoms with Crippen molar-refractivity contribution in [3.05, 3.63) is 0 Å². The van der Waals surface area contributed by atoms with Crippen LogP contribution >= 0.6 is 0 Å². The Morgan fingerprint density at radius 3 is 1.20 bits per heavy atom. The van der Waals surface area contributed by atoms with Crippen LogP contribution in [-0.2, 0) is 0 Å². The molecule has 0 N–H and O–H groups in total. The van der Waals surface area contributed by atoms with Gasteiger partial charge in [-0.25, -0.2) is 0 Å². The Bertz CT molecular complexity index is 200. The SMILES string of the molecule is C[N](C)[Sn]([N](C)C)([N](C)C)[C]1(C)CCC1. The Kier molecular flexibility index (Phi) is 4.13. The van der Waals surface area contributed by atoms with E-state index in [2.05, 4.69) is 58.6 Å². The average molecular weight is 320 g/mol. The van der Waals surface area contributed by atoms with E-state index in [0.717, 1.165) is 0 Å². The minimum atomic E-state index is -2.54. The molecule has 4 heteroatoms. The van der Waals surface area contributed by atoms with Crippen molar-refractivity contribution in [2.24, 2.45) is 0 Å². The van der Waals surface area contributed by atoms with Crippen LogP contribution in [0.1, 0.15) is 26.2 Å². The summed E-state index contributed by atoms with van der Waals surface area (Å²) in [5.74, 6) is 0. The molecule has 0 unspecified atom stereocenters. The third-order valence-electron chi connectivity index (χ3n) is 4.14. The molecule has 0 bridgehead atoms. The van der Waals surface area contributed by atoms with E-state index >= 15 is 0 Å². The van der Waals surface area contributed by atoms with Crippen molar-refractivity contribution >= 4 is 19.2 Å². The van der Waals surface area contributed by atoms with Crippen molar-refractivity contribution in [2.45, 2.75) is 29.6 Å². The second-order valence-corrected chi connectivity index (χ2v) is 20.5. The van der Waals surface area contributed by atoms with Crippen molar-refractivity contribution in [1.82, 2.24) is 9.36 Å². The van der Waals surface area contributed by atoms with Crippen LogP contribution in [-0.4, -0.2) is 70.8 Å². The molecule has 0 aromatic heterocycles. The quantitative estimate of drug-likeness (QED) is 0.728. The van der Waals surface area contributed by atoms with Crippen LogP contribution in [0.4, 0.5) is 0 Å². The monoisotopic (exact) mass is 321 g/mol. The standard InChI is InChI=1S/C5H9.3C2H6N.Sn/c1-5-3-2-4-5;3*1-3-2;/h2-4H2,1H3;3*1-2H3;/q;3*-1;+3. The van der Waals surface area contributed by atoms with E-state index in [0.29, 0.717) is 3.43 Å². The Morgan fingerprint density at radius 1 is 0.800 bits per heavy atom. The normalized spacial score (nSPS) is 21.2. The van der Waals surface area contributed by atoms with Gasteiger partial charge in [-0.2, -0.15) is 0 Å². The molecule has 1 saturated carbocycles. The maximum atomic E-state index is 2.56. The van der Waals surface area contributed by atoms with E-state index in [4.69, 9.17) is 0 Å². The summed E-state index contributed by atoms with van der Waals surface area (Å²) in [6, 6.07) is 0. The summed E-state index contributed by atoms with van der Waals surface area (Å²) < 4.78 is 8.28. The maximum absolute atomic E-state index is 2.56. The molecule has 0 radical (unpaired) electrons. The van der Waals surface area contributed by atoms with Gasteiger partial charge in [-0.3, -0.25) is 0 Å². The Hall–Kier alpha value is 0.679. The zero-order valence-corrected chi connectivity index (χ0v) is 14.3. The van der Waals surface area contributed by atoms with Crippen LogP contribution in [0.25, 0.3) is 0 Å². The summed E-state index contributed by atoms with van der Waals surface area (Å²) in [5, 5.41) is 0. The van der Waals surface area contributed by atoms with Crippen molar-refractivity contribution in [3.8, 4) is 0 Å². The summed E-state index contributed by atoms with van der Waals surface area (Å²) in [6.07, 6.45) is 4.25. The van der Waals surface area contributed by atoms with Gasteiger partial charge in [-0.05, 0) is 0 Å². The predicted octanol–water partition coefficient (Wildman–Crippen LogP) is 1.55. The van der Waals surface area contributed by atoms with Crippen molar-refractivity contribution in [2.75, 3.05) is 42.3 Å². The molecule has 15 heavy (non-hydrogen) atoms. The third-order valence-corrected chi connectivity index (χ3v) is 20.9. The summed E-state index contributed by atoms with van der Waals surface area (Å²) in [5.41, 5.74) is 0. The van der Waals surface area contributed by atoms with E-state index in [1.54, 1.807) is 0 Å². The molecule has 0 aromatic carbocycles. The first-order valence-electron chi connectivity index (χ1n) is 5.81. The molecule has 0 amide bonds. The van der Waals surface area contributed by atoms with Crippen molar-refractivity contribution < 1.29 is 0 Å². The fourth-order valence-corrected chi connectivity index (χ4v) is 22.9. The fourth-order valence-electron chi connectivity index (χ4n) is 3.86. The summed E-state index contributed by atoms with van der Waals surface area (Å²) in [6.45, 7) is 2.51. The van der Waals surface area contributed by atoms with Gasteiger partial charge in [0.05, 0.1) is 0 Å². The third kappa shape index (κ3) is 1.85. The predicted molar refractivity (Wildman–Crippen MR) is 69.0 cm³/mol. The fraction of sp³-hybridized carbons (Fsp3) is 1.00. The van der Waals surface area contributed by atoms with Crippen LogP contribution in [0.5, 0.6) is 0 Å². The Morgan fingerprint density at radius 2 is 1.13 bits per heavy atom. The van der Waals surface area contributed by atoms with Gasteiger partial charge in [-0.15, -0.1) is 0 Å². The molecule has 0 aliphatic heterocycles. The molecule has 1 fully saturated rings. The van der Waals surface area contributed by atoms with Gasteiger partial charge in [0.25, 0.3) is 0 Å². The second kappa shape index (κ2) is 4.51. The molecule has 1 aliphatic carbocycles. The van der Waals surface area contributed by atoms with Gasteiger partial charge < -0.3 is 0 Å². The van der Waals surface area contributed by atoms with Gasteiger partial charge >= 0.3 is 100 Å². The van der Waals surface area contributed by atoms with Gasteiger partial charge in [0.1, 0.15) is 0 Å². The summed E-state index contributed by atoms with van der Waals surface area (Å²) in [4.78, 5) is 0. The van der Waals surface area contributed by atoms with Gasteiger partial charge in [-0.1, -0.05) is 0 Å². The molecule has 0 heterocycles. The molecule has 0 saturated heterocycles. The van der Waals surface area contributed by atoms with Gasteiger partial charge in [0.15, 0.2) is 0 Å².